The number of alkyl halides is 3. The Kier molecular flexibility index (Phi) is 3.08. The molecule has 1 aromatic heterocycles. The molecule has 16 heavy (non-hydrogen) atoms. The van der Waals surface area contributed by atoms with E-state index in [-0.39, 0.29) is 11.6 Å². The Morgan fingerprint density at radius 1 is 1.50 bits per heavy atom. The number of ether oxygens (including phenoxy) is 2. The van der Waals surface area contributed by atoms with Crippen LogP contribution >= 0.6 is 0 Å². The van der Waals surface area contributed by atoms with Crippen LogP contribution in [0.15, 0.2) is 6.07 Å². The van der Waals surface area contributed by atoms with Crippen LogP contribution in [0.1, 0.15) is 5.56 Å². The zero-order valence-electron chi connectivity index (χ0n) is 8.00. The van der Waals surface area contributed by atoms with Crippen LogP contribution in [0.5, 0.6) is 11.6 Å². The van der Waals surface area contributed by atoms with E-state index in [0.717, 1.165) is 6.07 Å². The molecule has 0 unspecified atom stereocenters. The predicted octanol–water partition coefficient (Wildman–Crippen LogP) is 1.44. The molecule has 1 aromatic rings. The molecule has 0 fully saturated rings. The topological polar surface area (TPSA) is 81.2 Å². The molecule has 0 aliphatic carbocycles. The minimum atomic E-state index is -4.93. The number of hydrogen-bond donors (Lipinski definition) is 1. The number of methoxy groups -OCH3 is 1. The zero-order chi connectivity index (χ0) is 12.3. The summed E-state index contributed by atoms with van der Waals surface area (Å²) in [7, 11) is 1.25. The van der Waals surface area contributed by atoms with E-state index in [0.29, 0.717) is 0 Å². The van der Waals surface area contributed by atoms with Gasteiger partial charge >= 0.3 is 6.36 Å². The molecule has 1 rings (SSSR count). The number of nitrogens with zero attached hydrogens (tertiary/aromatic N) is 2. The molecule has 8 heteroatoms. The van der Waals surface area contributed by atoms with Crippen molar-refractivity contribution in [3.8, 4) is 17.7 Å². The van der Waals surface area contributed by atoms with Gasteiger partial charge in [0.1, 0.15) is 11.6 Å². The van der Waals surface area contributed by atoms with E-state index in [4.69, 9.17) is 15.7 Å². The molecule has 0 saturated carbocycles. The number of nitrogen functional groups attached to an aromatic ring is 1. The van der Waals surface area contributed by atoms with Crippen molar-refractivity contribution in [1.82, 2.24) is 4.98 Å². The number of aromatic nitrogens is 1. The van der Waals surface area contributed by atoms with E-state index in [1.807, 2.05) is 0 Å². The molecule has 1 heterocycles. The van der Waals surface area contributed by atoms with Crippen LogP contribution in [0, 0.1) is 11.3 Å². The van der Waals surface area contributed by atoms with Gasteiger partial charge in [-0.2, -0.15) is 10.2 Å². The number of nitriles is 1. The van der Waals surface area contributed by atoms with Crippen molar-refractivity contribution in [3.63, 3.8) is 0 Å². The summed E-state index contributed by atoms with van der Waals surface area (Å²) in [6.07, 6.45) is -4.93. The Labute approximate surface area is 88.2 Å². The van der Waals surface area contributed by atoms with Gasteiger partial charge in [-0.25, -0.2) is 0 Å². The lowest BCUT2D eigenvalue weighted by molar-refractivity contribution is -0.276. The molecule has 0 aliphatic heterocycles. The highest BCUT2D eigenvalue weighted by Gasteiger charge is 2.33. The van der Waals surface area contributed by atoms with E-state index in [1.54, 1.807) is 0 Å². The molecule has 0 aromatic carbocycles. The first-order valence-electron chi connectivity index (χ1n) is 3.87. The van der Waals surface area contributed by atoms with Crippen molar-refractivity contribution in [1.29, 1.82) is 5.26 Å². The number of pyridine rings is 1. The fourth-order valence-corrected chi connectivity index (χ4v) is 0.923. The Morgan fingerprint density at radius 3 is 2.56 bits per heavy atom. The molecule has 2 N–H and O–H groups in total. The maximum Gasteiger partial charge on any atom is 0.574 e. The predicted molar refractivity (Wildman–Crippen MR) is 46.6 cm³/mol. The fourth-order valence-electron chi connectivity index (χ4n) is 0.923. The fraction of sp³-hybridized carbons (Fsp3) is 0.250. The molecule has 86 valence electrons. The zero-order valence-corrected chi connectivity index (χ0v) is 8.00. The van der Waals surface area contributed by atoms with Gasteiger partial charge in [0.15, 0.2) is 11.6 Å². The Bertz CT molecular complexity index is 439. The Balaban J connectivity index is 3.20. The SMILES string of the molecule is COc1cc(C#N)c(OC(F)(F)F)nc1N. The lowest BCUT2D eigenvalue weighted by Crippen LogP contribution is -2.19. The van der Waals surface area contributed by atoms with Crippen molar-refractivity contribution in [2.24, 2.45) is 0 Å². The minimum absolute atomic E-state index is 0.00562. The largest absolute Gasteiger partial charge is 0.574 e. The average Bonchev–Trinajstić information content (AvgIpc) is 2.16. The van der Waals surface area contributed by atoms with Gasteiger partial charge in [0, 0.05) is 6.07 Å². The molecule has 0 atom stereocenters. The lowest BCUT2D eigenvalue weighted by atomic mass is 10.3. The minimum Gasteiger partial charge on any atom is -0.493 e. The molecule has 0 radical (unpaired) electrons. The van der Waals surface area contributed by atoms with Gasteiger partial charge in [0.25, 0.3) is 0 Å². The maximum absolute atomic E-state index is 11.9. The summed E-state index contributed by atoms with van der Waals surface area (Å²) >= 11 is 0. The van der Waals surface area contributed by atoms with Crippen LogP contribution in [-0.2, 0) is 0 Å². The summed E-state index contributed by atoms with van der Waals surface area (Å²) in [6, 6.07) is 2.51. The van der Waals surface area contributed by atoms with Crippen molar-refractivity contribution in [2.75, 3.05) is 12.8 Å². The van der Waals surface area contributed by atoms with Gasteiger partial charge < -0.3 is 15.2 Å². The first-order chi connectivity index (χ1) is 7.37. The Hall–Kier alpha value is -2.17. The number of halogens is 3. The van der Waals surface area contributed by atoms with Crippen LogP contribution in [0.4, 0.5) is 19.0 Å². The smallest absolute Gasteiger partial charge is 0.493 e. The molecule has 0 saturated heterocycles. The second-order valence-corrected chi connectivity index (χ2v) is 2.59. The first-order valence-corrected chi connectivity index (χ1v) is 3.87. The van der Waals surface area contributed by atoms with Crippen molar-refractivity contribution < 1.29 is 22.6 Å². The van der Waals surface area contributed by atoms with E-state index < -0.39 is 17.8 Å². The summed E-state index contributed by atoms with van der Waals surface area (Å²) in [4.78, 5) is 3.29. The Morgan fingerprint density at radius 2 is 2.12 bits per heavy atom. The summed E-state index contributed by atoms with van der Waals surface area (Å²) in [5, 5.41) is 8.59. The maximum atomic E-state index is 11.9. The van der Waals surface area contributed by atoms with E-state index in [2.05, 4.69) is 9.72 Å². The van der Waals surface area contributed by atoms with Crippen molar-refractivity contribution in [3.05, 3.63) is 11.6 Å². The second-order valence-electron chi connectivity index (χ2n) is 2.59. The average molecular weight is 233 g/mol. The molecular weight excluding hydrogens is 227 g/mol. The van der Waals surface area contributed by atoms with Gasteiger partial charge in [0.2, 0.25) is 5.88 Å². The normalized spacial score (nSPS) is 10.7. The lowest BCUT2D eigenvalue weighted by Gasteiger charge is -2.11. The van der Waals surface area contributed by atoms with Gasteiger partial charge in [0.05, 0.1) is 7.11 Å². The van der Waals surface area contributed by atoms with E-state index in [1.165, 1.54) is 13.2 Å². The summed E-state index contributed by atoms with van der Waals surface area (Å²) in [5.41, 5.74) is 4.87. The van der Waals surface area contributed by atoms with Crippen LogP contribution in [0.2, 0.25) is 0 Å². The monoisotopic (exact) mass is 233 g/mol. The number of hydrogen-bond acceptors (Lipinski definition) is 5. The first kappa shape index (κ1) is 11.9. The molecule has 0 bridgehead atoms. The molecule has 5 nitrogen and oxygen atoms in total. The van der Waals surface area contributed by atoms with Gasteiger partial charge in [-0.05, 0) is 0 Å². The highest BCUT2D eigenvalue weighted by molar-refractivity contribution is 5.54. The summed E-state index contributed by atoms with van der Waals surface area (Å²) in [5.74, 6) is -1.18. The summed E-state index contributed by atoms with van der Waals surface area (Å²) in [6.45, 7) is 0. The molecule has 0 amide bonds. The van der Waals surface area contributed by atoms with Gasteiger partial charge in [-0.15, -0.1) is 13.2 Å². The number of nitrogens with two attached hydrogens (primary N) is 1. The molecular formula is C8H6F3N3O2. The van der Waals surface area contributed by atoms with Crippen LogP contribution in [0.25, 0.3) is 0 Å². The highest BCUT2D eigenvalue weighted by Crippen LogP contribution is 2.30. The van der Waals surface area contributed by atoms with E-state index in [9.17, 15) is 13.2 Å². The number of rotatable bonds is 2. The third-order valence-electron chi connectivity index (χ3n) is 1.53. The van der Waals surface area contributed by atoms with Gasteiger partial charge in [-0.3, -0.25) is 0 Å². The third kappa shape index (κ3) is 2.66. The van der Waals surface area contributed by atoms with Crippen molar-refractivity contribution >= 4 is 5.82 Å². The highest BCUT2D eigenvalue weighted by atomic mass is 19.4. The van der Waals surface area contributed by atoms with Crippen molar-refractivity contribution in [2.45, 2.75) is 6.36 Å². The molecule has 0 spiro atoms. The number of anilines is 1. The van der Waals surface area contributed by atoms with Crippen LogP contribution in [0.3, 0.4) is 0 Å². The quantitative estimate of drug-likeness (QED) is 0.835. The third-order valence-corrected chi connectivity index (χ3v) is 1.53. The van der Waals surface area contributed by atoms with E-state index >= 15 is 0 Å². The second kappa shape index (κ2) is 4.14. The van der Waals surface area contributed by atoms with Crippen LogP contribution in [-0.4, -0.2) is 18.5 Å². The molecule has 0 aliphatic rings. The van der Waals surface area contributed by atoms with Crippen LogP contribution < -0.4 is 15.2 Å². The van der Waals surface area contributed by atoms with Gasteiger partial charge in [-0.1, -0.05) is 0 Å². The standard InChI is InChI=1S/C8H6F3N3O2/c1-15-5-2-4(3-12)7(14-6(5)13)16-8(9,10)11/h2H,1H3,(H2,13,14). The summed E-state index contributed by atoms with van der Waals surface area (Å²) < 4.78 is 44.0.